The minimum absolute atomic E-state index is 0.141. The van der Waals surface area contributed by atoms with Crippen LogP contribution in [0.25, 0.3) is 0 Å². The molecule has 0 bridgehead atoms. The number of amides is 1. The highest BCUT2D eigenvalue weighted by Gasteiger charge is 2.24. The van der Waals surface area contributed by atoms with Crippen molar-refractivity contribution in [3.8, 4) is 0 Å². The summed E-state index contributed by atoms with van der Waals surface area (Å²) in [4.78, 5) is 30.7. The van der Waals surface area contributed by atoms with Gasteiger partial charge in [-0.15, -0.1) is 0 Å². The summed E-state index contributed by atoms with van der Waals surface area (Å²) in [5.41, 5.74) is 1.15. The number of carbonyl (C=O) groups is 2. The van der Waals surface area contributed by atoms with Gasteiger partial charge in [0.2, 0.25) is 5.91 Å². The minimum Gasteiger partial charge on any atom is -0.483 e. The molecule has 2 rings (SSSR count). The molecule has 1 aliphatic heterocycles. The second kappa shape index (κ2) is 9.83. The van der Waals surface area contributed by atoms with Crippen molar-refractivity contribution in [1.82, 2.24) is 20.2 Å². The Morgan fingerprint density at radius 1 is 1.50 bits per heavy atom. The third kappa shape index (κ3) is 6.17. The summed E-state index contributed by atoms with van der Waals surface area (Å²) in [6.45, 7) is 4.73. The molecule has 122 valence electrons. The molecule has 1 aromatic heterocycles. The van der Waals surface area contributed by atoms with Gasteiger partial charge in [0.15, 0.2) is 0 Å². The van der Waals surface area contributed by atoms with Crippen LogP contribution in [0, 0.1) is 5.92 Å². The number of likely N-dealkylation sites (tertiary alicyclic amines) is 1. The van der Waals surface area contributed by atoms with Crippen LogP contribution in [-0.2, 0) is 22.6 Å². The Balaban J connectivity index is 0.000000745. The first-order chi connectivity index (χ1) is 10.6. The van der Waals surface area contributed by atoms with E-state index in [0.717, 1.165) is 43.9 Å². The van der Waals surface area contributed by atoms with E-state index < -0.39 is 0 Å². The second-order valence-corrected chi connectivity index (χ2v) is 5.23. The molecule has 1 atom stereocenters. The van der Waals surface area contributed by atoms with Crippen LogP contribution in [-0.4, -0.2) is 52.5 Å². The van der Waals surface area contributed by atoms with Gasteiger partial charge in [0.25, 0.3) is 6.47 Å². The van der Waals surface area contributed by atoms with Crippen LogP contribution in [0.5, 0.6) is 0 Å². The van der Waals surface area contributed by atoms with Crippen molar-refractivity contribution >= 4 is 12.4 Å². The molecule has 2 heterocycles. The van der Waals surface area contributed by atoms with Gasteiger partial charge in [0, 0.05) is 50.9 Å². The largest absolute Gasteiger partial charge is 0.483 e. The normalized spacial score (nSPS) is 17.5. The van der Waals surface area contributed by atoms with E-state index >= 15 is 0 Å². The van der Waals surface area contributed by atoms with Gasteiger partial charge in [-0.3, -0.25) is 14.5 Å². The minimum atomic E-state index is -0.250. The highest BCUT2D eigenvalue weighted by Crippen LogP contribution is 2.21. The van der Waals surface area contributed by atoms with Crippen LogP contribution >= 0.6 is 0 Å². The summed E-state index contributed by atoms with van der Waals surface area (Å²) in [7, 11) is 1.70. The summed E-state index contributed by atoms with van der Waals surface area (Å²) in [5.74, 6) is 1.51. The van der Waals surface area contributed by atoms with E-state index in [-0.39, 0.29) is 12.4 Å². The lowest BCUT2D eigenvalue weighted by Gasteiger charge is -2.15. The maximum Gasteiger partial charge on any atom is 0.290 e. The Labute approximate surface area is 130 Å². The van der Waals surface area contributed by atoms with Gasteiger partial charge in [0.1, 0.15) is 5.82 Å². The lowest BCUT2D eigenvalue weighted by Crippen LogP contribution is -2.24. The molecule has 22 heavy (non-hydrogen) atoms. The van der Waals surface area contributed by atoms with Crippen LogP contribution in [0.3, 0.4) is 0 Å². The maximum absolute atomic E-state index is 11.4. The first kappa shape index (κ1) is 18.0. The predicted octanol–water partition coefficient (Wildman–Crippen LogP) is 0.698. The van der Waals surface area contributed by atoms with E-state index in [9.17, 15) is 4.79 Å². The number of rotatable bonds is 5. The van der Waals surface area contributed by atoms with Crippen molar-refractivity contribution in [1.29, 1.82) is 0 Å². The van der Waals surface area contributed by atoms with E-state index in [1.807, 2.05) is 12.4 Å². The molecule has 0 aliphatic carbocycles. The average Bonchev–Trinajstić information content (AvgIpc) is 2.95. The first-order valence-corrected chi connectivity index (χ1v) is 7.43. The molecule has 0 aromatic carbocycles. The fourth-order valence-electron chi connectivity index (χ4n) is 2.49. The topological polar surface area (TPSA) is 95.4 Å². The quantitative estimate of drug-likeness (QED) is 0.777. The number of nitrogens with one attached hydrogen (secondary N) is 1. The SMILES string of the molecule is CCc1ncc(CN2CCC(CC(=O)NC)C2)cn1.O=CO. The van der Waals surface area contributed by atoms with Crippen LogP contribution < -0.4 is 5.32 Å². The fourth-order valence-corrected chi connectivity index (χ4v) is 2.49. The van der Waals surface area contributed by atoms with Crippen LogP contribution in [0.4, 0.5) is 0 Å². The standard InChI is InChI=1S/C14H22N4O.CH2O2/c1-3-13-16-7-12(8-17-13)10-18-5-4-11(9-18)6-14(19)15-2;2-1-3/h7-8,11H,3-6,9-10H2,1-2H3,(H,15,19);1H,(H,2,3). The van der Waals surface area contributed by atoms with Gasteiger partial charge in [-0.25, -0.2) is 9.97 Å². The van der Waals surface area contributed by atoms with Crippen molar-refractivity contribution in [2.45, 2.75) is 32.7 Å². The number of carbonyl (C=O) groups excluding carboxylic acids is 1. The number of nitrogens with zero attached hydrogens (tertiary/aromatic N) is 3. The van der Waals surface area contributed by atoms with Crippen molar-refractivity contribution in [3.05, 3.63) is 23.8 Å². The fraction of sp³-hybridized carbons (Fsp3) is 0.600. The van der Waals surface area contributed by atoms with Crippen LogP contribution in [0.15, 0.2) is 12.4 Å². The lowest BCUT2D eigenvalue weighted by molar-refractivity contribution is -0.123. The highest BCUT2D eigenvalue weighted by atomic mass is 16.3. The van der Waals surface area contributed by atoms with Crippen molar-refractivity contribution in [2.24, 2.45) is 5.92 Å². The molecule has 1 unspecified atom stereocenters. The highest BCUT2D eigenvalue weighted by molar-refractivity contribution is 5.75. The van der Waals surface area contributed by atoms with Gasteiger partial charge in [-0.1, -0.05) is 6.92 Å². The molecule has 0 spiro atoms. The number of hydrogen-bond acceptors (Lipinski definition) is 5. The number of aromatic nitrogens is 2. The van der Waals surface area contributed by atoms with Gasteiger partial charge in [0.05, 0.1) is 0 Å². The Morgan fingerprint density at radius 3 is 2.68 bits per heavy atom. The summed E-state index contributed by atoms with van der Waals surface area (Å²) >= 11 is 0. The van der Waals surface area contributed by atoms with E-state index in [1.165, 1.54) is 0 Å². The zero-order valence-corrected chi connectivity index (χ0v) is 13.2. The molecule has 0 saturated carbocycles. The molecule has 1 amide bonds. The summed E-state index contributed by atoms with van der Waals surface area (Å²) < 4.78 is 0. The third-order valence-corrected chi connectivity index (χ3v) is 3.60. The van der Waals surface area contributed by atoms with E-state index in [4.69, 9.17) is 9.90 Å². The molecular weight excluding hydrogens is 284 g/mol. The smallest absolute Gasteiger partial charge is 0.290 e. The molecule has 1 aromatic rings. The average molecular weight is 308 g/mol. The van der Waals surface area contributed by atoms with E-state index in [2.05, 4.69) is 27.1 Å². The van der Waals surface area contributed by atoms with E-state index in [1.54, 1.807) is 7.05 Å². The van der Waals surface area contributed by atoms with Gasteiger partial charge in [-0.2, -0.15) is 0 Å². The molecular formula is C15H24N4O3. The summed E-state index contributed by atoms with van der Waals surface area (Å²) in [6.07, 6.45) is 6.44. The third-order valence-electron chi connectivity index (χ3n) is 3.60. The number of hydrogen-bond donors (Lipinski definition) is 2. The monoisotopic (exact) mass is 308 g/mol. The molecule has 2 N–H and O–H groups in total. The Bertz CT molecular complexity index is 464. The Morgan fingerprint density at radius 2 is 2.14 bits per heavy atom. The summed E-state index contributed by atoms with van der Waals surface area (Å²) in [6, 6.07) is 0. The van der Waals surface area contributed by atoms with Crippen molar-refractivity contribution in [3.63, 3.8) is 0 Å². The predicted molar refractivity (Wildman–Crippen MR) is 82.2 cm³/mol. The number of carboxylic acid groups (broad SMARTS) is 1. The molecule has 1 aliphatic rings. The van der Waals surface area contributed by atoms with E-state index in [0.29, 0.717) is 12.3 Å². The molecule has 7 heteroatoms. The summed E-state index contributed by atoms with van der Waals surface area (Å²) in [5, 5.41) is 9.58. The zero-order chi connectivity index (χ0) is 16.4. The van der Waals surface area contributed by atoms with Gasteiger partial charge in [-0.05, 0) is 18.9 Å². The zero-order valence-electron chi connectivity index (χ0n) is 13.2. The first-order valence-electron chi connectivity index (χ1n) is 7.43. The van der Waals surface area contributed by atoms with Crippen molar-refractivity contribution < 1.29 is 14.7 Å². The van der Waals surface area contributed by atoms with Crippen LogP contribution in [0.2, 0.25) is 0 Å². The Hall–Kier alpha value is -2.02. The Kier molecular flexibility index (Phi) is 8.06. The van der Waals surface area contributed by atoms with Crippen molar-refractivity contribution in [2.75, 3.05) is 20.1 Å². The molecule has 1 saturated heterocycles. The molecule has 1 fully saturated rings. The second-order valence-electron chi connectivity index (χ2n) is 5.23. The maximum atomic E-state index is 11.4. The molecule has 0 radical (unpaired) electrons. The lowest BCUT2D eigenvalue weighted by atomic mass is 10.0. The molecule has 7 nitrogen and oxygen atoms in total. The van der Waals surface area contributed by atoms with Crippen LogP contribution in [0.1, 0.15) is 31.2 Å². The van der Waals surface area contributed by atoms with Gasteiger partial charge >= 0.3 is 0 Å². The number of aryl methyl sites for hydroxylation is 1. The van der Waals surface area contributed by atoms with Gasteiger partial charge < -0.3 is 10.4 Å².